The molecule has 7 heteroatoms. The number of hydrogen-bond acceptors (Lipinski definition) is 5. The van der Waals surface area contributed by atoms with Crippen molar-refractivity contribution >= 4 is 35.1 Å². The molecule has 3 rings (SSSR count). The van der Waals surface area contributed by atoms with E-state index in [4.69, 9.17) is 16.3 Å². The van der Waals surface area contributed by atoms with Crippen molar-refractivity contribution in [2.45, 2.75) is 0 Å². The Morgan fingerprint density at radius 3 is 2.65 bits per heavy atom. The molecule has 0 spiro atoms. The first-order chi connectivity index (χ1) is 11.0. The third-order valence-electron chi connectivity index (χ3n) is 3.25. The van der Waals surface area contributed by atoms with E-state index in [9.17, 15) is 19.7 Å². The van der Waals surface area contributed by atoms with Crippen molar-refractivity contribution < 1.29 is 19.2 Å². The number of carbonyl (C=O) groups is 2. The van der Waals surface area contributed by atoms with Gasteiger partial charge in [-0.2, -0.15) is 0 Å². The van der Waals surface area contributed by atoms with Crippen molar-refractivity contribution in [2.24, 2.45) is 0 Å². The molecule has 2 aromatic carbocycles. The smallest absolute Gasteiger partial charge is 0.347 e. The van der Waals surface area contributed by atoms with Gasteiger partial charge in [0, 0.05) is 17.2 Å². The normalized spacial score (nSPS) is 15.3. The quantitative estimate of drug-likeness (QED) is 0.210. The number of carbonyl (C=O) groups excluding carboxylic acids is 2. The molecule has 0 amide bonds. The van der Waals surface area contributed by atoms with Gasteiger partial charge in [-0.1, -0.05) is 23.7 Å². The fraction of sp³-hybridized carbons (Fsp3) is 0. The zero-order valence-electron chi connectivity index (χ0n) is 11.5. The van der Waals surface area contributed by atoms with Gasteiger partial charge in [0.2, 0.25) is 5.78 Å². The third kappa shape index (κ3) is 2.84. The summed E-state index contributed by atoms with van der Waals surface area (Å²) < 4.78 is 5.10. The zero-order chi connectivity index (χ0) is 16.6. The van der Waals surface area contributed by atoms with Crippen molar-refractivity contribution in [1.82, 2.24) is 0 Å². The molecule has 0 unspecified atom stereocenters. The Bertz CT molecular complexity index is 888. The van der Waals surface area contributed by atoms with Gasteiger partial charge in [-0.05, 0) is 29.8 Å². The van der Waals surface area contributed by atoms with Crippen LogP contribution in [0.15, 0.2) is 48.0 Å². The Morgan fingerprint density at radius 2 is 1.91 bits per heavy atom. The highest BCUT2D eigenvalue weighted by atomic mass is 35.5. The lowest BCUT2D eigenvalue weighted by atomic mass is 9.98. The van der Waals surface area contributed by atoms with Gasteiger partial charge in [-0.15, -0.1) is 0 Å². The number of rotatable bonds is 2. The van der Waals surface area contributed by atoms with Crippen LogP contribution in [0.3, 0.4) is 0 Å². The first kappa shape index (κ1) is 14.9. The molecule has 1 aliphatic rings. The summed E-state index contributed by atoms with van der Waals surface area (Å²) in [5, 5.41) is 11.1. The van der Waals surface area contributed by atoms with Gasteiger partial charge >= 0.3 is 5.97 Å². The summed E-state index contributed by atoms with van der Waals surface area (Å²) in [4.78, 5) is 34.7. The van der Waals surface area contributed by atoms with Crippen LogP contribution in [-0.4, -0.2) is 16.7 Å². The molecular formula is C16H8ClNO5. The summed E-state index contributed by atoms with van der Waals surface area (Å²) in [6.07, 6.45) is 1.27. The number of benzene rings is 2. The molecule has 1 aliphatic heterocycles. The predicted molar refractivity (Wildman–Crippen MR) is 82.5 cm³/mol. The second-order valence-electron chi connectivity index (χ2n) is 4.77. The molecule has 2 aromatic rings. The summed E-state index contributed by atoms with van der Waals surface area (Å²) in [6.45, 7) is 0. The van der Waals surface area contributed by atoms with Crippen molar-refractivity contribution in [1.29, 1.82) is 0 Å². The molecule has 0 fully saturated rings. The van der Waals surface area contributed by atoms with Gasteiger partial charge in [-0.3, -0.25) is 14.9 Å². The van der Waals surface area contributed by atoms with Crippen LogP contribution in [0.25, 0.3) is 6.08 Å². The number of nitrogens with zero attached hydrogens (tertiary/aromatic N) is 1. The minimum atomic E-state index is -0.809. The average molecular weight is 330 g/mol. The topological polar surface area (TPSA) is 86.5 Å². The third-order valence-corrected chi connectivity index (χ3v) is 3.48. The summed E-state index contributed by atoms with van der Waals surface area (Å²) >= 11 is 5.85. The number of nitro benzene ring substituents is 1. The Kier molecular flexibility index (Phi) is 3.67. The van der Waals surface area contributed by atoms with Crippen molar-refractivity contribution in [3.05, 3.63) is 74.3 Å². The molecule has 0 saturated carbocycles. The number of non-ortho nitro benzene ring substituents is 1. The maximum absolute atomic E-state index is 12.4. The number of ketones is 1. The summed E-state index contributed by atoms with van der Waals surface area (Å²) in [6, 6.07) is 9.96. The lowest BCUT2D eigenvalue weighted by Crippen LogP contribution is -2.25. The van der Waals surface area contributed by atoms with Gasteiger partial charge in [0.05, 0.1) is 10.5 Å². The van der Waals surface area contributed by atoms with Gasteiger partial charge < -0.3 is 4.74 Å². The maximum atomic E-state index is 12.4. The molecule has 114 valence electrons. The van der Waals surface area contributed by atoms with Crippen LogP contribution in [0.4, 0.5) is 5.69 Å². The Labute approximate surface area is 135 Å². The molecular weight excluding hydrogens is 322 g/mol. The summed E-state index contributed by atoms with van der Waals surface area (Å²) in [5.74, 6) is -1.21. The van der Waals surface area contributed by atoms with Crippen LogP contribution in [-0.2, 0) is 4.79 Å². The van der Waals surface area contributed by atoms with E-state index in [0.29, 0.717) is 10.6 Å². The summed E-state index contributed by atoms with van der Waals surface area (Å²) in [7, 11) is 0. The molecule has 0 atom stereocenters. The molecule has 0 saturated heterocycles. The number of fused-ring (bicyclic) bond motifs is 1. The molecule has 23 heavy (non-hydrogen) atoms. The number of esters is 1. The second kappa shape index (κ2) is 5.66. The predicted octanol–water partition coefficient (Wildman–Crippen LogP) is 3.43. The minimum absolute atomic E-state index is 0.139. The summed E-state index contributed by atoms with van der Waals surface area (Å²) in [5.41, 5.74) is 0.179. The lowest BCUT2D eigenvalue weighted by molar-refractivity contribution is -0.384. The highest BCUT2D eigenvalue weighted by molar-refractivity contribution is 6.33. The number of ether oxygens (including phenoxy) is 1. The minimum Gasteiger partial charge on any atom is -0.422 e. The molecule has 0 radical (unpaired) electrons. The van der Waals surface area contributed by atoms with Crippen LogP contribution in [0, 0.1) is 10.1 Å². The van der Waals surface area contributed by atoms with Gasteiger partial charge in [0.15, 0.2) is 0 Å². The van der Waals surface area contributed by atoms with E-state index in [1.54, 1.807) is 6.07 Å². The molecule has 0 N–H and O–H groups in total. The van der Waals surface area contributed by atoms with Gasteiger partial charge in [0.1, 0.15) is 11.3 Å². The fourth-order valence-electron chi connectivity index (χ4n) is 2.18. The Hall–Kier alpha value is -2.99. The second-order valence-corrected chi connectivity index (χ2v) is 5.21. The largest absolute Gasteiger partial charge is 0.422 e. The maximum Gasteiger partial charge on any atom is 0.347 e. The van der Waals surface area contributed by atoms with E-state index in [1.807, 2.05) is 0 Å². The van der Waals surface area contributed by atoms with Gasteiger partial charge in [0.25, 0.3) is 5.69 Å². The highest BCUT2D eigenvalue weighted by Gasteiger charge is 2.30. The monoisotopic (exact) mass is 329 g/mol. The first-order valence-corrected chi connectivity index (χ1v) is 6.86. The molecule has 0 bridgehead atoms. The van der Waals surface area contributed by atoms with E-state index in [0.717, 1.165) is 0 Å². The average Bonchev–Trinajstić information content (AvgIpc) is 2.52. The van der Waals surface area contributed by atoms with E-state index in [1.165, 1.54) is 42.5 Å². The number of hydrogen-bond donors (Lipinski definition) is 0. The number of nitro groups is 1. The fourth-order valence-corrected chi connectivity index (χ4v) is 2.35. The highest BCUT2D eigenvalue weighted by Crippen LogP contribution is 2.31. The van der Waals surface area contributed by atoms with E-state index in [-0.39, 0.29) is 22.6 Å². The van der Waals surface area contributed by atoms with E-state index in [2.05, 4.69) is 0 Å². The van der Waals surface area contributed by atoms with Crippen LogP contribution < -0.4 is 4.74 Å². The first-order valence-electron chi connectivity index (χ1n) is 6.48. The van der Waals surface area contributed by atoms with Crippen LogP contribution in [0.1, 0.15) is 15.9 Å². The molecule has 6 nitrogen and oxygen atoms in total. The Morgan fingerprint density at radius 1 is 1.13 bits per heavy atom. The standard InChI is InChI=1S/C16H8ClNO5/c17-10-4-5-14-12(8-10)15(19)13(16(20)23-14)7-9-2-1-3-11(6-9)18(21)22/h1-8H/b13-7-. The SMILES string of the molecule is O=C1Oc2ccc(Cl)cc2C(=O)/C1=C/c1cccc([N+](=O)[O-])c1. The van der Waals surface area contributed by atoms with Crippen LogP contribution in [0.2, 0.25) is 5.02 Å². The molecule has 0 aliphatic carbocycles. The Balaban J connectivity index is 2.06. The van der Waals surface area contributed by atoms with E-state index < -0.39 is 16.7 Å². The zero-order valence-corrected chi connectivity index (χ0v) is 12.2. The van der Waals surface area contributed by atoms with Crippen molar-refractivity contribution in [2.75, 3.05) is 0 Å². The van der Waals surface area contributed by atoms with Crippen LogP contribution >= 0.6 is 11.6 Å². The van der Waals surface area contributed by atoms with E-state index >= 15 is 0 Å². The number of Topliss-reactive ketones (excluding diaryl/α,β-unsaturated/α-hetero) is 1. The number of halogens is 1. The van der Waals surface area contributed by atoms with Crippen molar-refractivity contribution in [3.8, 4) is 5.75 Å². The van der Waals surface area contributed by atoms with Gasteiger partial charge in [-0.25, -0.2) is 4.79 Å². The van der Waals surface area contributed by atoms with Crippen LogP contribution in [0.5, 0.6) is 5.75 Å². The molecule has 1 heterocycles. The molecule has 0 aromatic heterocycles. The lowest BCUT2D eigenvalue weighted by Gasteiger charge is -2.16. The van der Waals surface area contributed by atoms with Crippen molar-refractivity contribution in [3.63, 3.8) is 0 Å².